The summed E-state index contributed by atoms with van der Waals surface area (Å²) >= 11 is 0. The molecule has 0 spiro atoms. The van der Waals surface area contributed by atoms with Gasteiger partial charge in [0.1, 0.15) is 0 Å². The van der Waals surface area contributed by atoms with Crippen LogP contribution in [0.2, 0.25) is 0 Å². The highest BCUT2D eigenvalue weighted by atomic mass is 14.2. The van der Waals surface area contributed by atoms with E-state index in [1.165, 1.54) is 24.8 Å². The molecular weight excluding hydrogens is 156 g/mol. The van der Waals surface area contributed by atoms with Crippen molar-refractivity contribution in [2.45, 2.75) is 33.1 Å². The fraction of sp³-hybridized carbons (Fsp3) is 0.538. The van der Waals surface area contributed by atoms with Crippen molar-refractivity contribution in [3.63, 3.8) is 0 Å². The van der Waals surface area contributed by atoms with E-state index in [1.54, 1.807) is 5.57 Å². The molecule has 2 aliphatic carbocycles. The molecule has 0 aromatic rings. The van der Waals surface area contributed by atoms with Crippen molar-refractivity contribution in [1.82, 2.24) is 0 Å². The Labute approximate surface area is 81.0 Å². The van der Waals surface area contributed by atoms with Gasteiger partial charge in [-0.05, 0) is 42.2 Å². The Balaban J connectivity index is 2.22. The Morgan fingerprint density at radius 2 is 2.23 bits per heavy atom. The second kappa shape index (κ2) is 3.53. The van der Waals surface area contributed by atoms with Gasteiger partial charge < -0.3 is 0 Å². The zero-order chi connectivity index (χ0) is 9.26. The highest BCUT2D eigenvalue weighted by molar-refractivity contribution is 5.38. The van der Waals surface area contributed by atoms with Crippen LogP contribution in [0.25, 0.3) is 0 Å². The van der Waals surface area contributed by atoms with E-state index < -0.39 is 0 Å². The first-order chi connectivity index (χ1) is 6.27. The average molecular weight is 174 g/mol. The molecule has 2 aliphatic rings. The lowest BCUT2D eigenvalue weighted by Gasteiger charge is -2.25. The largest absolute Gasteiger partial charge is 0.0842 e. The van der Waals surface area contributed by atoms with Gasteiger partial charge in [-0.1, -0.05) is 38.2 Å². The standard InChI is InChI=1S/C13H18/c1-10(2)12-8-7-11-5-3-4-6-13(11)9-12/h4,6,8-11H,3,5,7H2,1-2H3. The summed E-state index contributed by atoms with van der Waals surface area (Å²) in [6, 6.07) is 0. The maximum absolute atomic E-state index is 2.43. The molecule has 0 N–H and O–H groups in total. The predicted molar refractivity (Wildman–Crippen MR) is 57.5 cm³/mol. The van der Waals surface area contributed by atoms with Gasteiger partial charge >= 0.3 is 0 Å². The lowest BCUT2D eigenvalue weighted by Crippen LogP contribution is -2.10. The van der Waals surface area contributed by atoms with Crippen LogP contribution in [0.15, 0.2) is 35.5 Å². The van der Waals surface area contributed by atoms with Gasteiger partial charge in [0, 0.05) is 0 Å². The minimum Gasteiger partial charge on any atom is -0.0842 e. The quantitative estimate of drug-likeness (QED) is 0.566. The Morgan fingerprint density at radius 3 is 3.00 bits per heavy atom. The van der Waals surface area contributed by atoms with Gasteiger partial charge in [-0.25, -0.2) is 0 Å². The van der Waals surface area contributed by atoms with Crippen LogP contribution in [-0.2, 0) is 0 Å². The zero-order valence-corrected chi connectivity index (χ0v) is 8.59. The Kier molecular flexibility index (Phi) is 2.39. The molecule has 0 aliphatic heterocycles. The van der Waals surface area contributed by atoms with Crippen LogP contribution in [0.4, 0.5) is 0 Å². The Bertz CT molecular complexity index is 276. The number of hydrogen-bond acceptors (Lipinski definition) is 0. The molecule has 0 nitrogen and oxygen atoms in total. The van der Waals surface area contributed by atoms with Crippen molar-refractivity contribution >= 4 is 0 Å². The second-order valence-corrected chi connectivity index (χ2v) is 4.42. The summed E-state index contributed by atoms with van der Waals surface area (Å²) in [6.45, 7) is 4.55. The number of hydrogen-bond donors (Lipinski definition) is 0. The van der Waals surface area contributed by atoms with Crippen LogP contribution in [0.1, 0.15) is 33.1 Å². The Hall–Kier alpha value is -0.780. The number of rotatable bonds is 1. The first-order valence-corrected chi connectivity index (χ1v) is 5.35. The third-order valence-electron chi connectivity index (χ3n) is 3.10. The van der Waals surface area contributed by atoms with Crippen LogP contribution in [-0.4, -0.2) is 0 Å². The van der Waals surface area contributed by atoms with Gasteiger partial charge in [0.05, 0.1) is 0 Å². The maximum Gasteiger partial charge on any atom is -0.0124 e. The molecule has 1 atom stereocenters. The molecule has 0 bridgehead atoms. The molecule has 1 unspecified atom stereocenters. The van der Waals surface area contributed by atoms with Crippen LogP contribution < -0.4 is 0 Å². The van der Waals surface area contributed by atoms with Crippen molar-refractivity contribution in [3.05, 3.63) is 35.5 Å². The molecule has 0 aromatic heterocycles. The van der Waals surface area contributed by atoms with Crippen molar-refractivity contribution in [3.8, 4) is 0 Å². The summed E-state index contributed by atoms with van der Waals surface area (Å²) in [5.41, 5.74) is 3.09. The smallest absolute Gasteiger partial charge is 0.0124 e. The molecule has 0 saturated heterocycles. The van der Waals surface area contributed by atoms with Gasteiger partial charge in [0.15, 0.2) is 0 Å². The molecular formula is C13H18. The molecule has 13 heavy (non-hydrogen) atoms. The normalized spacial score (nSPS) is 26.8. The SMILES string of the molecule is CC(C)C1=CCC2CCC=CC2=C1. The number of allylic oxidation sites excluding steroid dienone is 6. The van der Waals surface area contributed by atoms with E-state index in [1.807, 2.05) is 0 Å². The first kappa shape index (κ1) is 8.80. The maximum atomic E-state index is 2.43. The monoisotopic (exact) mass is 174 g/mol. The summed E-state index contributed by atoms with van der Waals surface area (Å²) in [4.78, 5) is 0. The highest BCUT2D eigenvalue weighted by Crippen LogP contribution is 2.33. The van der Waals surface area contributed by atoms with Crippen molar-refractivity contribution in [2.75, 3.05) is 0 Å². The third kappa shape index (κ3) is 1.77. The van der Waals surface area contributed by atoms with Crippen LogP contribution >= 0.6 is 0 Å². The summed E-state index contributed by atoms with van der Waals surface area (Å²) in [7, 11) is 0. The van der Waals surface area contributed by atoms with E-state index >= 15 is 0 Å². The van der Waals surface area contributed by atoms with Crippen molar-refractivity contribution in [2.24, 2.45) is 11.8 Å². The summed E-state index contributed by atoms with van der Waals surface area (Å²) in [5.74, 6) is 1.51. The van der Waals surface area contributed by atoms with E-state index in [-0.39, 0.29) is 0 Å². The van der Waals surface area contributed by atoms with E-state index in [0.717, 1.165) is 5.92 Å². The van der Waals surface area contributed by atoms with E-state index in [9.17, 15) is 0 Å². The van der Waals surface area contributed by atoms with Crippen molar-refractivity contribution in [1.29, 1.82) is 0 Å². The summed E-state index contributed by atoms with van der Waals surface area (Å²) in [5, 5.41) is 0. The molecule has 0 heteroatoms. The lowest BCUT2D eigenvalue weighted by atomic mass is 9.80. The van der Waals surface area contributed by atoms with Gasteiger partial charge in [0.25, 0.3) is 0 Å². The molecule has 0 heterocycles. The molecule has 0 aromatic carbocycles. The predicted octanol–water partition coefficient (Wildman–Crippen LogP) is 3.87. The minimum absolute atomic E-state index is 0.684. The molecule has 0 fully saturated rings. The van der Waals surface area contributed by atoms with E-state index in [2.05, 4.69) is 38.2 Å². The molecule has 70 valence electrons. The van der Waals surface area contributed by atoms with Crippen LogP contribution in [0.3, 0.4) is 0 Å². The number of fused-ring (bicyclic) bond motifs is 1. The van der Waals surface area contributed by atoms with Crippen LogP contribution in [0, 0.1) is 11.8 Å². The first-order valence-electron chi connectivity index (χ1n) is 5.35. The molecule has 0 amide bonds. The summed E-state index contributed by atoms with van der Waals surface area (Å²) in [6.07, 6.45) is 13.3. The van der Waals surface area contributed by atoms with E-state index in [4.69, 9.17) is 0 Å². The fourth-order valence-corrected chi connectivity index (χ4v) is 2.17. The highest BCUT2D eigenvalue weighted by Gasteiger charge is 2.18. The lowest BCUT2D eigenvalue weighted by molar-refractivity contribution is 0.556. The fourth-order valence-electron chi connectivity index (χ4n) is 2.17. The average Bonchev–Trinajstić information content (AvgIpc) is 2.17. The van der Waals surface area contributed by atoms with Gasteiger partial charge in [-0.15, -0.1) is 0 Å². The van der Waals surface area contributed by atoms with E-state index in [0.29, 0.717) is 5.92 Å². The molecule has 2 rings (SSSR count). The van der Waals surface area contributed by atoms with Gasteiger partial charge in [0.2, 0.25) is 0 Å². The van der Waals surface area contributed by atoms with Crippen LogP contribution in [0.5, 0.6) is 0 Å². The molecule has 0 radical (unpaired) electrons. The van der Waals surface area contributed by atoms with Crippen molar-refractivity contribution < 1.29 is 0 Å². The van der Waals surface area contributed by atoms with Gasteiger partial charge in [-0.3, -0.25) is 0 Å². The topological polar surface area (TPSA) is 0 Å². The molecule has 0 saturated carbocycles. The Morgan fingerprint density at radius 1 is 1.38 bits per heavy atom. The zero-order valence-electron chi connectivity index (χ0n) is 8.59. The third-order valence-corrected chi connectivity index (χ3v) is 3.10. The second-order valence-electron chi connectivity index (χ2n) is 4.42. The summed E-state index contributed by atoms with van der Waals surface area (Å²) < 4.78 is 0. The van der Waals surface area contributed by atoms with Gasteiger partial charge in [-0.2, -0.15) is 0 Å². The minimum atomic E-state index is 0.684.